The van der Waals surface area contributed by atoms with E-state index in [2.05, 4.69) is 47.9 Å². The Morgan fingerprint density at radius 2 is 0.746 bits per heavy atom. The maximum Gasteiger partial charge on any atom is 0.451 e. The van der Waals surface area contributed by atoms with E-state index in [0.29, 0.717) is 214 Å². The van der Waals surface area contributed by atoms with Crippen LogP contribution in [0.2, 0.25) is 37.9 Å². The molecular weight excluding hydrogens is 1770 g/mol. The average Bonchev–Trinajstić information content (AvgIpc) is 1.52. The third-order valence-electron chi connectivity index (χ3n) is 31.9. The summed E-state index contributed by atoms with van der Waals surface area (Å²) in [5, 5.41) is 195. The van der Waals surface area contributed by atoms with Gasteiger partial charge in [-0.1, -0.05) is 73.1 Å². The van der Waals surface area contributed by atoms with Crippen molar-refractivity contribution < 1.29 is 139 Å². The summed E-state index contributed by atoms with van der Waals surface area (Å²) in [6, 6.07) is -2.19. The van der Waals surface area contributed by atoms with Crippen LogP contribution < -0.4 is 70.8 Å². The zero-order valence-electron chi connectivity index (χ0n) is 78.8. The van der Waals surface area contributed by atoms with Gasteiger partial charge in [-0.05, 0) is 197 Å². The SMILES string of the molecule is CC(C)(C)[C@H](N)C(=O)N1C[C@@]2(CCCB(O)O)CCN[C@@]2(C(=O)O)C1.CC(C)C[C@H](N)C(=O)N1C[C@@]2(CCCB(O)O)CCN[C@@]2(C(=O)O)C1.CSCC[C@H](N)C(=O)N1C[C@@]2(CCCB(O)O)CCN[C@@]2(C(=O)O)C1.NC[C@@H]1NC[C@]2(C(=O)O)NCC[C@]12CCCB(O)O.O=C(O)[C@]12CNC[C@@]1(CCCB(O)O)CN2.O=C([C@@H]1CCCN1)N1C[C@@]2(CCCB(O)O)CCN[C@@]2(C(=O)O)C1. The van der Waals surface area contributed by atoms with Crippen LogP contribution in [0.1, 0.15) is 169 Å². The smallest absolute Gasteiger partial charge is 0.451 e. The number of fused-ring (bicyclic) bond motifs is 6. The minimum atomic E-state index is -1.40. The van der Waals surface area contributed by atoms with Crippen LogP contribution in [-0.4, -0.2) is 412 Å². The van der Waals surface area contributed by atoms with Gasteiger partial charge in [-0.2, -0.15) is 11.8 Å². The molecule has 0 aromatic carbocycles. The van der Waals surface area contributed by atoms with E-state index in [-0.39, 0.29) is 105 Å². The second kappa shape index (κ2) is 47.3. The van der Waals surface area contributed by atoms with Crippen molar-refractivity contribution in [2.45, 2.75) is 271 Å². The monoisotopic (exact) mass is 1920 g/mol. The molecule has 13 fully saturated rings. The van der Waals surface area contributed by atoms with Gasteiger partial charge in [-0.15, -0.1) is 0 Å². The van der Waals surface area contributed by atoms with Crippen LogP contribution >= 0.6 is 11.8 Å². The van der Waals surface area contributed by atoms with Crippen molar-refractivity contribution in [2.24, 2.45) is 66.8 Å². The molecule has 13 heterocycles. The first-order chi connectivity index (χ1) is 62.8. The zero-order valence-corrected chi connectivity index (χ0v) is 79.6. The zero-order chi connectivity index (χ0) is 99.8. The molecule has 45 nitrogen and oxygen atoms in total. The van der Waals surface area contributed by atoms with Gasteiger partial charge in [0, 0.05) is 97.4 Å². The lowest BCUT2D eigenvalue weighted by Gasteiger charge is -2.53. The number of carboxylic acids is 6. The number of rotatable bonds is 40. The van der Waals surface area contributed by atoms with Gasteiger partial charge in [0.1, 0.15) is 33.2 Å². The Kier molecular flexibility index (Phi) is 40.2. The number of aliphatic carboxylic acids is 6. The first-order valence-corrected chi connectivity index (χ1v) is 49.0. The van der Waals surface area contributed by atoms with Crippen LogP contribution in [0.15, 0.2) is 0 Å². The normalized spacial score (nSPS) is 32.7. The summed E-state index contributed by atoms with van der Waals surface area (Å²) < 4.78 is 0. The van der Waals surface area contributed by atoms with Crippen molar-refractivity contribution in [3.63, 3.8) is 0 Å². The summed E-state index contributed by atoms with van der Waals surface area (Å²) in [6.45, 7) is 18.0. The van der Waals surface area contributed by atoms with Crippen molar-refractivity contribution in [1.82, 2.24) is 67.5 Å². The standard InChI is InChI=1S/2C16H30BN3O5.C15H28BN3O5S.C15H26BN3O5.C11H22BN3O4.C9H17BN2O4/c1-14(2,3)11(18)12(21)20-9-15(5-4-7-17(24)25)6-8-19-16(15,10-20)13(22)23;1-11(2)8-12(18)13(21)20-9-15(4-3-6-17(24)25)5-7-19-16(15,10-20)14(22)23;1-25-8-3-11(17)12(20)19-9-14(4-2-6-16(23)24)5-7-18-15(14,10-19)13(21)22;20-12(11-3-1-7-17-11)19-9-14(4-2-6-16(23)24)5-8-18-15(14,10-19)13(21)22;13-6-8-10(2-1-4-12(18)19)3-5-15-11(10,7-14-8)9(16)17;13-7(14)9-6-11-4-8(9,5-12-9)2-1-3-10(15)16/h11,19,24-25H,4-10,18H2,1-3H3,(H,22,23);11-12,19,24-25H,3-10,18H2,1-2H3,(H,22,23);11,18,23-24H,2-10,17H2,1H3,(H,21,22);11,17-18,23-24H,1-10H2,(H,21,22);8,14-15,18-19H,1-7,13H2,(H,16,17);11-12,15-16H,1-6H2,(H,13,14)/t11-,15-,16-;12-,15+,16+;2*11-,14+,15+;8-,10+,11+;8-,9+/m100000/s1. The summed E-state index contributed by atoms with van der Waals surface area (Å²) in [5.41, 5.74) is 14.0. The predicted octanol–water partition coefficient (Wildman–Crippen LogP) is -7.65. The molecule has 13 saturated heterocycles. The van der Waals surface area contributed by atoms with Crippen molar-refractivity contribution in [2.75, 3.05) is 136 Å². The highest BCUT2D eigenvalue weighted by molar-refractivity contribution is 7.98. The molecule has 13 rings (SSSR count). The fourth-order valence-corrected chi connectivity index (χ4v) is 24.9. The fraction of sp³-hybridized carbons (Fsp3) is 0.878. The van der Waals surface area contributed by atoms with Gasteiger partial charge in [0.25, 0.3) is 0 Å². The van der Waals surface area contributed by atoms with E-state index in [1.807, 2.05) is 40.9 Å². The molecule has 0 aliphatic carbocycles. The van der Waals surface area contributed by atoms with Gasteiger partial charge < -0.3 is 155 Å². The molecule has 52 heteroatoms. The van der Waals surface area contributed by atoms with E-state index in [9.17, 15) is 78.6 Å². The average molecular weight is 1920 g/mol. The van der Waals surface area contributed by atoms with Crippen molar-refractivity contribution in [1.29, 1.82) is 0 Å². The number of carbonyl (C=O) groups is 10. The number of carboxylic acid groups (broad SMARTS) is 6. The molecule has 134 heavy (non-hydrogen) atoms. The van der Waals surface area contributed by atoms with E-state index in [1.54, 1.807) is 31.4 Å². The lowest BCUT2D eigenvalue weighted by Crippen LogP contribution is -2.76. The number of carbonyl (C=O) groups excluding carboxylic acids is 4. The first-order valence-electron chi connectivity index (χ1n) is 47.6. The van der Waals surface area contributed by atoms with Crippen molar-refractivity contribution in [3.05, 3.63) is 0 Å². The molecule has 0 bridgehead atoms. The Morgan fingerprint density at radius 3 is 1.07 bits per heavy atom. The van der Waals surface area contributed by atoms with Gasteiger partial charge in [0.2, 0.25) is 23.6 Å². The number of nitrogens with two attached hydrogens (primary N) is 4. The molecular formula is C82H153B6N17O28S. The van der Waals surface area contributed by atoms with Crippen LogP contribution in [0.4, 0.5) is 0 Å². The first kappa shape index (κ1) is 114. The number of nitrogens with one attached hydrogen (secondary N) is 9. The third-order valence-corrected chi connectivity index (χ3v) is 32.6. The number of nitrogens with zero attached hydrogens (tertiary/aromatic N) is 4. The summed E-state index contributed by atoms with van der Waals surface area (Å²) in [4.78, 5) is 129. The largest absolute Gasteiger partial charge is 0.480 e. The number of likely N-dealkylation sites (tertiary alicyclic amines) is 4. The molecule has 17 atom stereocenters. The second-order valence-corrected chi connectivity index (χ2v) is 42.4. The van der Waals surface area contributed by atoms with Gasteiger partial charge >= 0.3 is 78.5 Å². The molecule has 13 aliphatic heterocycles. The second-order valence-electron chi connectivity index (χ2n) is 41.5. The number of hydrogen-bond donors (Lipinski definition) is 31. The molecule has 0 spiro atoms. The van der Waals surface area contributed by atoms with E-state index >= 15 is 0 Å². The van der Waals surface area contributed by atoms with Crippen LogP contribution in [0.25, 0.3) is 0 Å². The Labute approximate surface area is 790 Å². The lowest BCUT2D eigenvalue weighted by atomic mass is 9.61. The molecule has 35 N–H and O–H groups in total. The summed E-state index contributed by atoms with van der Waals surface area (Å²) in [5.74, 6) is -5.03. The van der Waals surface area contributed by atoms with Gasteiger partial charge in [-0.3, -0.25) is 74.5 Å². The van der Waals surface area contributed by atoms with Crippen molar-refractivity contribution in [3.8, 4) is 0 Å². The maximum atomic E-state index is 12.8. The molecule has 758 valence electrons. The number of amides is 4. The van der Waals surface area contributed by atoms with E-state index in [4.69, 9.17) is 83.2 Å². The Hall–Kier alpha value is -5.56. The molecule has 0 aromatic rings. The highest BCUT2D eigenvalue weighted by Crippen LogP contribution is 2.56. The number of thioether (sulfide) groups is 1. The quantitative estimate of drug-likeness (QED) is 0.0253. The Balaban J connectivity index is 0.000000199. The predicted molar refractivity (Wildman–Crippen MR) is 500 cm³/mol. The number of hydrogen-bond acceptors (Lipinski definition) is 36. The van der Waals surface area contributed by atoms with Crippen LogP contribution in [0, 0.1) is 43.8 Å². The molecule has 0 unspecified atom stereocenters. The van der Waals surface area contributed by atoms with Gasteiger partial charge in [0.15, 0.2) is 0 Å². The Morgan fingerprint density at radius 1 is 0.403 bits per heavy atom. The third kappa shape index (κ3) is 23.9. The van der Waals surface area contributed by atoms with Gasteiger partial charge in [0.05, 0.1) is 50.3 Å². The topological polar surface area (TPSA) is 760 Å². The van der Waals surface area contributed by atoms with Gasteiger partial charge in [-0.25, -0.2) is 0 Å². The summed E-state index contributed by atoms with van der Waals surface area (Å²) >= 11 is 1.62. The molecule has 0 saturated carbocycles. The van der Waals surface area contributed by atoms with E-state index < -0.39 is 162 Å². The van der Waals surface area contributed by atoms with Crippen molar-refractivity contribution >= 4 is 114 Å². The van der Waals surface area contributed by atoms with E-state index in [1.165, 1.54) is 0 Å². The molecule has 4 amide bonds. The highest BCUT2D eigenvalue weighted by atomic mass is 32.2. The molecule has 13 aliphatic rings. The minimum Gasteiger partial charge on any atom is -0.480 e. The van der Waals surface area contributed by atoms with E-state index in [0.717, 1.165) is 31.6 Å². The lowest BCUT2D eigenvalue weighted by molar-refractivity contribution is -0.156. The molecule has 0 aromatic heterocycles. The summed E-state index contributed by atoms with van der Waals surface area (Å²) in [7, 11) is -8.21. The molecule has 0 radical (unpaired) electrons. The fourth-order valence-electron chi connectivity index (χ4n) is 24.4. The van der Waals surface area contributed by atoms with Crippen LogP contribution in [-0.2, 0) is 47.9 Å². The van der Waals surface area contributed by atoms with Crippen LogP contribution in [0.5, 0.6) is 0 Å². The minimum absolute atomic E-state index is 0.00843. The summed E-state index contributed by atoms with van der Waals surface area (Å²) in [6.07, 6.45) is 16.2. The highest BCUT2D eigenvalue weighted by Gasteiger charge is 2.72. The Bertz CT molecular complexity index is 3990. The maximum absolute atomic E-state index is 12.8. The van der Waals surface area contributed by atoms with Crippen LogP contribution in [0.3, 0.4) is 0 Å².